The zero-order chi connectivity index (χ0) is 23.5. The number of carbonyl (C=O) groups excluding carboxylic acids is 3. The summed E-state index contributed by atoms with van der Waals surface area (Å²) in [7, 11) is 1.58. The lowest BCUT2D eigenvalue weighted by molar-refractivity contribution is -0.134. The van der Waals surface area contributed by atoms with Crippen molar-refractivity contribution in [2.75, 3.05) is 31.6 Å². The molecule has 0 bridgehead atoms. The van der Waals surface area contributed by atoms with Gasteiger partial charge < -0.3 is 20.1 Å². The topological polar surface area (TPSA) is 102 Å². The van der Waals surface area contributed by atoms with E-state index in [-0.39, 0.29) is 30.0 Å². The first-order valence-corrected chi connectivity index (χ1v) is 11.4. The van der Waals surface area contributed by atoms with Crippen molar-refractivity contribution < 1.29 is 23.9 Å². The maximum atomic E-state index is 13.3. The van der Waals surface area contributed by atoms with Crippen molar-refractivity contribution in [2.24, 2.45) is 11.7 Å². The van der Waals surface area contributed by atoms with Crippen LogP contribution in [-0.4, -0.2) is 49.4 Å². The van der Waals surface area contributed by atoms with Gasteiger partial charge in [0.1, 0.15) is 12.3 Å². The van der Waals surface area contributed by atoms with Crippen LogP contribution in [0.15, 0.2) is 52.7 Å². The molecule has 1 saturated heterocycles. The highest BCUT2D eigenvalue weighted by atomic mass is 79.9. The van der Waals surface area contributed by atoms with Gasteiger partial charge in [0.2, 0.25) is 11.8 Å². The number of carbonyl (C=O) groups is 3. The van der Waals surface area contributed by atoms with Gasteiger partial charge in [-0.15, -0.1) is 0 Å². The lowest BCUT2D eigenvalue weighted by Gasteiger charge is -2.34. The van der Waals surface area contributed by atoms with E-state index in [1.165, 1.54) is 4.90 Å². The molecule has 9 heteroatoms. The van der Waals surface area contributed by atoms with Crippen molar-refractivity contribution in [3.8, 4) is 11.5 Å². The molecule has 4 rings (SSSR count). The number of nitrogens with two attached hydrogens (primary N) is 1. The van der Waals surface area contributed by atoms with Crippen molar-refractivity contribution in [3.05, 3.63) is 58.3 Å². The lowest BCUT2D eigenvalue weighted by atomic mass is 9.96. The normalized spacial score (nSPS) is 17.5. The average molecular weight is 514 g/mol. The van der Waals surface area contributed by atoms with Crippen LogP contribution >= 0.6 is 15.9 Å². The largest absolute Gasteiger partial charge is 0.496 e. The van der Waals surface area contributed by atoms with Crippen molar-refractivity contribution in [1.82, 2.24) is 4.90 Å². The molecule has 0 atom stereocenters. The Morgan fingerprint density at radius 1 is 1.21 bits per heavy atom. The maximum absolute atomic E-state index is 13.3. The Balaban J connectivity index is 1.57. The van der Waals surface area contributed by atoms with Gasteiger partial charge in [0.05, 0.1) is 17.3 Å². The van der Waals surface area contributed by atoms with E-state index in [2.05, 4.69) is 15.9 Å². The molecule has 2 aliphatic heterocycles. The fourth-order valence-electron chi connectivity index (χ4n) is 3.99. The molecule has 0 aromatic heterocycles. The minimum absolute atomic E-state index is 0.117. The Morgan fingerprint density at radius 2 is 1.94 bits per heavy atom. The van der Waals surface area contributed by atoms with Gasteiger partial charge >= 0.3 is 0 Å². The van der Waals surface area contributed by atoms with E-state index < -0.39 is 5.91 Å². The number of hydrogen-bond donors (Lipinski definition) is 1. The second-order valence-electron chi connectivity index (χ2n) is 7.92. The molecule has 2 N–H and O–H groups in total. The predicted octanol–water partition coefficient (Wildman–Crippen LogP) is 2.95. The summed E-state index contributed by atoms with van der Waals surface area (Å²) < 4.78 is 11.9. The number of amides is 3. The standard InChI is InChI=1S/C24H24BrN3O5/c1-32-19-7-6-15(12-17(19)25)13-21-24(31)28(18-4-2-3-5-20(18)33-21)14-22(29)27-10-8-16(9-11-27)23(26)30/h2-7,12-13,16H,8-11,14H2,1H3,(H2,26,30). The number of piperidine rings is 1. The van der Waals surface area contributed by atoms with E-state index in [9.17, 15) is 14.4 Å². The molecule has 2 aromatic rings. The molecule has 33 heavy (non-hydrogen) atoms. The minimum atomic E-state index is -0.402. The SMILES string of the molecule is COc1ccc(C=C2Oc3ccccc3N(CC(=O)N3CCC(C(N)=O)CC3)C2=O)cc1Br. The summed E-state index contributed by atoms with van der Waals surface area (Å²) in [6, 6.07) is 12.5. The third-order valence-corrected chi connectivity index (χ3v) is 6.47. The summed E-state index contributed by atoms with van der Waals surface area (Å²) in [6.45, 7) is 0.758. The number of anilines is 1. The number of fused-ring (bicyclic) bond motifs is 1. The van der Waals surface area contributed by atoms with Gasteiger partial charge in [-0.2, -0.15) is 0 Å². The van der Waals surface area contributed by atoms with Crippen LogP contribution in [0.2, 0.25) is 0 Å². The number of ether oxygens (including phenoxy) is 2. The molecule has 0 unspecified atom stereocenters. The van der Waals surface area contributed by atoms with E-state index in [1.54, 1.807) is 42.4 Å². The molecule has 0 saturated carbocycles. The smallest absolute Gasteiger partial charge is 0.294 e. The Kier molecular flexibility index (Phi) is 6.69. The van der Waals surface area contributed by atoms with Gasteiger partial charge in [-0.1, -0.05) is 18.2 Å². The zero-order valence-electron chi connectivity index (χ0n) is 18.1. The molecular weight excluding hydrogens is 490 g/mol. The van der Waals surface area contributed by atoms with Crippen LogP contribution in [0.3, 0.4) is 0 Å². The van der Waals surface area contributed by atoms with Gasteiger partial charge in [-0.05, 0) is 64.7 Å². The number of nitrogens with zero attached hydrogens (tertiary/aromatic N) is 2. The molecule has 2 heterocycles. The van der Waals surface area contributed by atoms with E-state index >= 15 is 0 Å². The van der Waals surface area contributed by atoms with Gasteiger partial charge in [-0.3, -0.25) is 19.3 Å². The summed E-state index contributed by atoms with van der Waals surface area (Å²) in [5.74, 6) is 0.154. The highest BCUT2D eigenvalue weighted by Gasteiger charge is 2.34. The van der Waals surface area contributed by atoms with E-state index in [0.29, 0.717) is 43.1 Å². The van der Waals surface area contributed by atoms with Crippen LogP contribution in [0.4, 0.5) is 5.69 Å². The van der Waals surface area contributed by atoms with Crippen LogP contribution in [0.5, 0.6) is 11.5 Å². The first-order valence-electron chi connectivity index (χ1n) is 10.6. The average Bonchev–Trinajstić information content (AvgIpc) is 2.81. The Hall–Kier alpha value is -3.33. The number of methoxy groups -OCH3 is 1. The van der Waals surface area contributed by atoms with E-state index in [0.717, 1.165) is 10.0 Å². The molecule has 2 aliphatic rings. The van der Waals surface area contributed by atoms with Gasteiger partial charge in [0.25, 0.3) is 5.91 Å². The summed E-state index contributed by atoms with van der Waals surface area (Å²) in [5, 5.41) is 0. The van der Waals surface area contributed by atoms with Crippen molar-refractivity contribution in [2.45, 2.75) is 12.8 Å². The molecule has 172 valence electrons. The second-order valence-corrected chi connectivity index (χ2v) is 8.78. The maximum Gasteiger partial charge on any atom is 0.294 e. The van der Waals surface area contributed by atoms with Crippen LogP contribution in [0.25, 0.3) is 6.08 Å². The second kappa shape index (κ2) is 9.66. The first-order chi connectivity index (χ1) is 15.9. The number of para-hydroxylation sites is 2. The third-order valence-electron chi connectivity index (χ3n) is 5.85. The van der Waals surface area contributed by atoms with E-state index in [4.69, 9.17) is 15.2 Å². The summed E-state index contributed by atoms with van der Waals surface area (Å²) in [5.41, 5.74) is 6.67. The summed E-state index contributed by atoms with van der Waals surface area (Å²) in [4.78, 5) is 40.9. The summed E-state index contributed by atoms with van der Waals surface area (Å²) in [6.07, 6.45) is 2.71. The summed E-state index contributed by atoms with van der Waals surface area (Å²) >= 11 is 3.45. The van der Waals surface area contributed by atoms with Crippen LogP contribution in [0, 0.1) is 5.92 Å². The van der Waals surface area contributed by atoms with E-state index in [1.807, 2.05) is 18.2 Å². The predicted molar refractivity (Wildman–Crippen MR) is 127 cm³/mol. The highest BCUT2D eigenvalue weighted by Crippen LogP contribution is 2.36. The zero-order valence-corrected chi connectivity index (χ0v) is 19.7. The molecule has 0 aliphatic carbocycles. The third kappa shape index (κ3) is 4.88. The monoisotopic (exact) mass is 513 g/mol. The number of hydrogen-bond acceptors (Lipinski definition) is 5. The Morgan fingerprint density at radius 3 is 2.61 bits per heavy atom. The fraction of sp³-hybridized carbons (Fsp3) is 0.292. The first kappa shape index (κ1) is 22.8. The van der Waals surface area contributed by atoms with Crippen molar-refractivity contribution >= 4 is 45.4 Å². The van der Waals surface area contributed by atoms with Crippen molar-refractivity contribution in [3.63, 3.8) is 0 Å². The molecule has 8 nitrogen and oxygen atoms in total. The molecule has 3 amide bonds. The van der Waals surface area contributed by atoms with Crippen LogP contribution in [-0.2, 0) is 14.4 Å². The molecule has 2 aromatic carbocycles. The number of rotatable bonds is 5. The van der Waals surface area contributed by atoms with Crippen molar-refractivity contribution in [1.29, 1.82) is 0 Å². The molecule has 1 fully saturated rings. The highest BCUT2D eigenvalue weighted by molar-refractivity contribution is 9.10. The van der Waals surface area contributed by atoms with Gasteiger partial charge in [0.15, 0.2) is 11.5 Å². The number of benzene rings is 2. The Bertz CT molecular complexity index is 1120. The van der Waals surface area contributed by atoms with Gasteiger partial charge in [-0.25, -0.2) is 0 Å². The lowest BCUT2D eigenvalue weighted by Crippen LogP contribution is -2.48. The van der Waals surface area contributed by atoms with Gasteiger partial charge in [0, 0.05) is 19.0 Å². The minimum Gasteiger partial charge on any atom is -0.496 e. The molecular formula is C24H24BrN3O5. The molecule has 0 radical (unpaired) electrons. The quantitative estimate of drug-likeness (QED) is 0.619. The van der Waals surface area contributed by atoms with Crippen LogP contribution < -0.4 is 20.1 Å². The molecule has 0 spiro atoms. The number of primary amides is 1. The number of halogens is 1. The van der Waals surface area contributed by atoms with Crippen LogP contribution in [0.1, 0.15) is 18.4 Å². The fourth-order valence-corrected chi connectivity index (χ4v) is 4.55. The Labute approximate surface area is 200 Å². The number of likely N-dealkylation sites (tertiary alicyclic amines) is 1.